The second kappa shape index (κ2) is 10.1. The van der Waals surface area contributed by atoms with Crippen LogP contribution in [0.15, 0.2) is 65.1 Å². The van der Waals surface area contributed by atoms with Gasteiger partial charge >= 0.3 is 0 Å². The Morgan fingerprint density at radius 1 is 1.09 bits per heavy atom. The third kappa shape index (κ3) is 5.26. The van der Waals surface area contributed by atoms with Crippen LogP contribution in [0.4, 0.5) is 0 Å². The van der Waals surface area contributed by atoms with Crippen LogP contribution in [0.25, 0.3) is 5.69 Å². The molecule has 32 heavy (non-hydrogen) atoms. The number of thioether (sulfide) groups is 1. The van der Waals surface area contributed by atoms with E-state index in [1.54, 1.807) is 17.1 Å². The van der Waals surface area contributed by atoms with Crippen LogP contribution < -0.4 is 5.32 Å². The maximum absolute atomic E-state index is 12.2. The third-order valence-corrected chi connectivity index (χ3v) is 6.76. The average Bonchev–Trinajstić information content (AvgIpc) is 3.40. The van der Waals surface area contributed by atoms with Crippen LogP contribution in [0.5, 0.6) is 0 Å². The van der Waals surface area contributed by atoms with Gasteiger partial charge in [0.1, 0.15) is 16.5 Å². The summed E-state index contributed by atoms with van der Waals surface area (Å²) in [6.45, 7) is 5.97. The number of hydrogen-bond donors (Lipinski definition) is 1. The topological polar surface area (TPSA) is 72.7 Å². The lowest BCUT2D eigenvalue weighted by molar-refractivity contribution is 0.0938. The fourth-order valence-electron chi connectivity index (χ4n) is 3.29. The molecule has 0 bridgehead atoms. The summed E-state index contributed by atoms with van der Waals surface area (Å²) in [5.74, 6) is 1.37. The maximum atomic E-state index is 12.2. The van der Waals surface area contributed by atoms with Gasteiger partial charge in [-0.05, 0) is 38.0 Å². The predicted molar refractivity (Wildman–Crippen MR) is 130 cm³/mol. The number of amides is 1. The highest BCUT2D eigenvalue weighted by atomic mass is 32.2. The minimum absolute atomic E-state index is 0.0812. The molecule has 2 heterocycles. The quantitative estimate of drug-likeness (QED) is 0.370. The zero-order valence-corrected chi connectivity index (χ0v) is 19.9. The number of hydrogen-bond acceptors (Lipinski definition) is 6. The first-order chi connectivity index (χ1) is 15.5. The summed E-state index contributed by atoms with van der Waals surface area (Å²) in [6, 6.07) is 18.6. The van der Waals surface area contributed by atoms with Crippen molar-refractivity contribution in [3.8, 4) is 5.69 Å². The van der Waals surface area contributed by atoms with Crippen molar-refractivity contribution in [2.75, 3.05) is 0 Å². The van der Waals surface area contributed by atoms with Gasteiger partial charge in [-0.1, -0.05) is 60.3 Å². The lowest BCUT2D eigenvalue weighted by Gasteiger charge is -2.12. The van der Waals surface area contributed by atoms with E-state index in [2.05, 4.69) is 56.3 Å². The van der Waals surface area contributed by atoms with E-state index >= 15 is 0 Å². The van der Waals surface area contributed by atoms with E-state index in [0.717, 1.165) is 27.2 Å². The molecule has 0 radical (unpaired) electrons. The maximum Gasteiger partial charge on any atom is 0.270 e. The Hall–Kier alpha value is -2.97. The van der Waals surface area contributed by atoms with Crippen molar-refractivity contribution in [2.24, 2.45) is 0 Å². The number of benzene rings is 2. The van der Waals surface area contributed by atoms with Gasteiger partial charge in [0.05, 0.1) is 11.4 Å². The van der Waals surface area contributed by atoms with E-state index in [-0.39, 0.29) is 11.9 Å². The van der Waals surface area contributed by atoms with Crippen molar-refractivity contribution in [1.29, 1.82) is 0 Å². The molecule has 164 valence electrons. The molecular weight excluding hydrogens is 438 g/mol. The average molecular weight is 464 g/mol. The van der Waals surface area contributed by atoms with E-state index in [0.29, 0.717) is 17.9 Å². The third-order valence-electron chi connectivity index (χ3n) is 4.79. The second-order valence-corrected chi connectivity index (χ2v) is 9.61. The number of aromatic nitrogens is 4. The van der Waals surface area contributed by atoms with Crippen LogP contribution in [-0.4, -0.2) is 31.7 Å². The molecule has 0 atom stereocenters. The first-order valence-corrected chi connectivity index (χ1v) is 12.3. The zero-order chi connectivity index (χ0) is 22.5. The van der Waals surface area contributed by atoms with Crippen LogP contribution in [0, 0.1) is 6.92 Å². The highest BCUT2D eigenvalue weighted by Crippen LogP contribution is 2.28. The van der Waals surface area contributed by atoms with Gasteiger partial charge in [0.25, 0.3) is 5.91 Å². The Bertz CT molecular complexity index is 1200. The minimum atomic E-state index is -0.138. The van der Waals surface area contributed by atoms with Gasteiger partial charge in [0.15, 0.2) is 5.16 Å². The molecule has 0 aliphatic heterocycles. The highest BCUT2D eigenvalue weighted by Gasteiger charge is 2.18. The van der Waals surface area contributed by atoms with Crippen LogP contribution >= 0.6 is 23.1 Å². The molecular formula is C24H25N5OS2. The normalized spacial score (nSPS) is 11.1. The van der Waals surface area contributed by atoms with E-state index in [9.17, 15) is 4.79 Å². The van der Waals surface area contributed by atoms with Crippen molar-refractivity contribution in [3.05, 3.63) is 87.6 Å². The van der Waals surface area contributed by atoms with Gasteiger partial charge in [0, 0.05) is 17.8 Å². The fraction of sp³-hybridized carbons (Fsp3) is 0.250. The Morgan fingerprint density at radius 2 is 1.84 bits per heavy atom. The second-order valence-electron chi connectivity index (χ2n) is 7.73. The standard InChI is InChI=1S/C24H25N5OS2/c1-16(2)25-23(30)19-14-31-22(26-19)15-32-24-28-27-21(13-18-10-5-4-6-11-18)29(24)20-12-8-7-9-17(20)3/h4-12,14,16H,13,15H2,1-3H3,(H,25,30). The largest absolute Gasteiger partial charge is 0.349 e. The van der Waals surface area contributed by atoms with Gasteiger partial charge in [-0.25, -0.2) is 4.98 Å². The molecule has 8 heteroatoms. The van der Waals surface area contributed by atoms with E-state index in [1.165, 1.54) is 16.9 Å². The van der Waals surface area contributed by atoms with Crippen molar-refractivity contribution >= 4 is 29.0 Å². The van der Waals surface area contributed by atoms with Crippen molar-refractivity contribution in [1.82, 2.24) is 25.1 Å². The Kier molecular flexibility index (Phi) is 7.02. The first kappa shape index (κ1) is 22.2. The smallest absolute Gasteiger partial charge is 0.270 e. The molecule has 0 saturated carbocycles. The molecule has 6 nitrogen and oxygen atoms in total. The monoisotopic (exact) mass is 463 g/mol. The summed E-state index contributed by atoms with van der Waals surface area (Å²) in [6.07, 6.45) is 0.694. The van der Waals surface area contributed by atoms with Gasteiger partial charge in [-0.3, -0.25) is 9.36 Å². The fourth-order valence-corrected chi connectivity index (χ4v) is 5.04. The van der Waals surface area contributed by atoms with Crippen LogP contribution in [0.1, 0.15) is 46.3 Å². The number of carbonyl (C=O) groups is 1. The van der Waals surface area contributed by atoms with Crippen molar-refractivity contribution < 1.29 is 4.79 Å². The summed E-state index contributed by atoms with van der Waals surface area (Å²) in [5, 5.41) is 15.4. The minimum Gasteiger partial charge on any atom is -0.349 e. The number of para-hydroxylation sites is 1. The Morgan fingerprint density at radius 3 is 2.59 bits per heavy atom. The molecule has 0 spiro atoms. The number of carbonyl (C=O) groups excluding carboxylic acids is 1. The van der Waals surface area contributed by atoms with E-state index in [4.69, 9.17) is 0 Å². The molecule has 1 amide bonds. The van der Waals surface area contributed by atoms with Crippen molar-refractivity contribution in [3.63, 3.8) is 0 Å². The van der Waals surface area contributed by atoms with Gasteiger partial charge in [0.2, 0.25) is 0 Å². The number of thiazole rings is 1. The van der Waals surface area contributed by atoms with Crippen LogP contribution in [0.2, 0.25) is 0 Å². The van der Waals surface area contributed by atoms with Gasteiger partial charge in [-0.2, -0.15) is 0 Å². The summed E-state index contributed by atoms with van der Waals surface area (Å²) < 4.78 is 2.13. The SMILES string of the molecule is Cc1ccccc1-n1c(Cc2ccccc2)nnc1SCc1nc(C(=O)NC(C)C)cs1. The molecule has 4 rings (SSSR count). The molecule has 0 fully saturated rings. The van der Waals surface area contributed by atoms with E-state index < -0.39 is 0 Å². The predicted octanol–water partition coefficient (Wildman–Crippen LogP) is 5.05. The van der Waals surface area contributed by atoms with Crippen molar-refractivity contribution in [2.45, 2.75) is 44.1 Å². The summed E-state index contributed by atoms with van der Waals surface area (Å²) >= 11 is 3.07. The Balaban J connectivity index is 1.58. The Labute approximate surface area is 196 Å². The molecule has 2 aromatic heterocycles. The molecule has 2 aromatic carbocycles. The van der Waals surface area contributed by atoms with Crippen LogP contribution in [-0.2, 0) is 12.2 Å². The van der Waals surface area contributed by atoms with Crippen LogP contribution in [0.3, 0.4) is 0 Å². The molecule has 4 aromatic rings. The molecule has 0 unspecified atom stereocenters. The van der Waals surface area contributed by atoms with Gasteiger partial charge < -0.3 is 5.32 Å². The number of rotatable bonds is 8. The molecule has 0 saturated heterocycles. The lowest BCUT2D eigenvalue weighted by Crippen LogP contribution is -2.30. The first-order valence-electron chi connectivity index (χ1n) is 10.4. The van der Waals surface area contributed by atoms with Gasteiger partial charge in [-0.15, -0.1) is 21.5 Å². The lowest BCUT2D eigenvalue weighted by atomic mass is 10.1. The molecule has 0 aliphatic rings. The number of nitrogens with one attached hydrogen (secondary N) is 1. The summed E-state index contributed by atoms with van der Waals surface area (Å²) in [4.78, 5) is 16.7. The number of nitrogens with zero attached hydrogens (tertiary/aromatic N) is 4. The summed E-state index contributed by atoms with van der Waals surface area (Å²) in [5.41, 5.74) is 3.88. The summed E-state index contributed by atoms with van der Waals surface area (Å²) in [7, 11) is 0. The van der Waals surface area contributed by atoms with E-state index in [1.807, 2.05) is 44.2 Å². The molecule has 0 aliphatic carbocycles. The number of aryl methyl sites for hydroxylation is 1. The highest BCUT2D eigenvalue weighted by molar-refractivity contribution is 7.98. The zero-order valence-electron chi connectivity index (χ0n) is 18.3. The molecule has 1 N–H and O–H groups in total.